The SMILES string of the molecule is CC(C)(C)c1ccc2[nH]c(=O)oc2c1.CC(C)(C)c1cccc2[nH]c(=O)oc12.CC(C)(C)c1cccc2c1OCCN2.CC(C)(C)c1cccc2oc(=O)[nH]c12.CC(C)(C)c1cccc2oc(=O)[nH]c12.CN1C(=O)COc2c1cccc2C(C)(C)C.CN1C(=O)COc2cc(C(C)(C)C)ccc21.CN1C(=O)COc2ccc(C(C)(C)C)cc21.Cn1c(=O)oc2c(C(C)(C)C)cccc21.Cn1c(=O)oc2cccc(C(C)(C)C)c21. The van der Waals surface area contributed by atoms with Gasteiger partial charge in [-0.2, -0.15) is 0 Å². The zero-order valence-electron chi connectivity index (χ0n) is 92.8. The number of aryl methyl sites for hydroxylation is 2. The van der Waals surface area contributed by atoms with Gasteiger partial charge in [0.05, 0.1) is 55.8 Å². The molecular formula is C119H150N10O19. The molecule has 0 aliphatic carbocycles. The summed E-state index contributed by atoms with van der Waals surface area (Å²) in [4.78, 5) is 117. The number of amides is 3. The highest BCUT2D eigenvalue weighted by atomic mass is 16.5. The van der Waals surface area contributed by atoms with Crippen molar-refractivity contribution in [3.8, 4) is 23.0 Å². The normalized spacial score (nSPS) is 13.7. The van der Waals surface area contributed by atoms with Crippen LogP contribution < -0.4 is 73.5 Å². The Hall–Kier alpha value is -14.8. The molecule has 29 nitrogen and oxygen atoms in total. The number of aromatic amines is 4. The van der Waals surface area contributed by atoms with Crippen LogP contribution in [0.4, 0.5) is 22.7 Å². The molecule has 3 amide bonds. The zero-order valence-corrected chi connectivity index (χ0v) is 92.8. The molecule has 5 N–H and O–H groups in total. The van der Waals surface area contributed by atoms with Crippen LogP contribution in [0.25, 0.3) is 66.6 Å². The standard InChI is InChI=1S/3C13H17NO2.2C12H15NO2.C12H17NO.4C11H13NO2/c1-13(2,3)9-5-6-11-10(7-9)14(4)12(15)8-16-11;1-13(2,3)9-5-6-10-11(7-9)16-8-12(15)14(10)4;1-13(2,3)9-6-5-7-10-12(9)16-8-11(15)14(10)4;1-12(2,3)8-6-5-7-9-10(8)13(4)11(14)15-9;1-12(2,3)8-6-5-7-9-10(8)15-11(14)13(9)4;1-12(2,3)9-5-4-6-10-11(9)14-8-7-13-10;1-11(2,3)7-4-5-8-9(6-7)14-10(13)12-8;2*1-11(2,3)7-5-4-6-8-9(7)12-10(13)14-8;1-11(2,3)7-5-4-6-8-9(7)14-10(13)12-8/h3*5-7H,8H2,1-4H3;2*5-7H,1-4H3;4-6,13H,7-8H2,1-3H3;4*4-6H,1-3H3,(H,12,13). The van der Waals surface area contributed by atoms with Crippen molar-refractivity contribution in [2.24, 2.45) is 14.1 Å². The number of aromatic nitrogens is 6. The van der Waals surface area contributed by atoms with Crippen LogP contribution in [0.2, 0.25) is 0 Å². The summed E-state index contributed by atoms with van der Waals surface area (Å²) >= 11 is 0. The van der Waals surface area contributed by atoms with E-state index in [1.807, 2.05) is 133 Å². The van der Waals surface area contributed by atoms with Gasteiger partial charge in [-0.05, 0) is 166 Å². The molecular weight excluding hydrogens is 1870 g/mol. The summed E-state index contributed by atoms with van der Waals surface area (Å²) < 4.78 is 55.7. The summed E-state index contributed by atoms with van der Waals surface area (Å²) in [6.07, 6.45) is 0. The van der Waals surface area contributed by atoms with Gasteiger partial charge in [0.2, 0.25) is 0 Å². The first-order valence-electron chi connectivity index (χ1n) is 49.8. The molecule has 0 unspecified atom stereocenters. The third-order valence-corrected chi connectivity index (χ3v) is 25.5. The summed E-state index contributed by atoms with van der Waals surface area (Å²) in [7, 11) is 8.82. The molecule has 0 spiro atoms. The molecule has 790 valence electrons. The monoisotopic (exact) mass is 2020 g/mol. The molecule has 0 bridgehead atoms. The topological polar surface area (TPSA) is 364 Å². The van der Waals surface area contributed by atoms with Gasteiger partial charge in [0.1, 0.15) is 29.6 Å². The van der Waals surface area contributed by atoms with E-state index in [9.17, 15) is 43.2 Å². The summed E-state index contributed by atoms with van der Waals surface area (Å²) in [5.74, 6) is 1.28. The molecule has 10 aromatic carbocycles. The molecule has 0 atom stereocenters. The van der Waals surface area contributed by atoms with E-state index in [0.717, 1.165) is 131 Å². The fourth-order valence-electron chi connectivity index (χ4n) is 16.9. The molecule has 0 saturated carbocycles. The highest BCUT2D eigenvalue weighted by Crippen LogP contribution is 2.44. The van der Waals surface area contributed by atoms with Crippen LogP contribution >= 0.6 is 0 Å². The van der Waals surface area contributed by atoms with Crippen LogP contribution in [0.3, 0.4) is 0 Å². The maximum absolute atomic E-state index is 11.5. The number of oxazole rings is 6. The van der Waals surface area contributed by atoms with Crippen LogP contribution in [-0.4, -0.2) is 101 Å². The number of H-pyrrole nitrogens is 4. The highest BCUT2D eigenvalue weighted by molar-refractivity contribution is 5.99. The second kappa shape index (κ2) is 44.1. The lowest BCUT2D eigenvalue weighted by atomic mass is 9.85. The Labute approximate surface area is 865 Å². The molecule has 4 aliphatic rings. The van der Waals surface area contributed by atoms with E-state index >= 15 is 0 Å². The first kappa shape index (κ1) is 114. The van der Waals surface area contributed by atoms with E-state index in [2.05, 4.69) is 269 Å². The van der Waals surface area contributed by atoms with Crippen LogP contribution in [0, 0.1) is 0 Å². The number of likely N-dealkylation sites (N-methyl/N-ethyl adjacent to an activating group) is 3. The van der Waals surface area contributed by atoms with Crippen molar-refractivity contribution in [3.63, 3.8) is 0 Å². The predicted molar refractivity (Wildman–Crippen MR) is 594 cm³/mol. The van der Waals surface area contributed by atoms with Crippen LogP contribution in [0.1, 0.15) is 263 Å². The maximum atomic E-state index is 11.5. The number of benzene rings is 10. The fourth-order valence-corrected chi connectivity index (χ4v) is 16.9. The molecule has 148 heavy (non-hydrogen) atoms. The maximum Gasteiger partial charge on any atom is 0.419 e. The molecule has 6 aromatic heterocycles. The number of rotatable bonds is 0. The van der Waals surface area contributed by atoms with Crippen LogP contribution in [0.5, 0.6) is 23.0 Å². The van der Waals surface area contributed by atoms with E-state index in [1.54, 1.807) is 66.6 Å². The van der Waals surface area contributed by atoms with Gasteiger partial charge in [-0.15, -0.1) is 0 Å². The average Bonchev–Trinajstić information content (AvgIpc) is 1.71. The lowest BCUT2D eigenvalue weighted by molar-refractivity contribution is -0.121. The lowest BCUT2D eigenvalue weighted by Crippen LogP contribution is -2.36. The number of para-hydroxylation sites is 7. The van der Waals surface area contributed by atoms with E-state index in [-0.39, 0.29) is 103 Å². The third-order valence-electron chi connectivity index (χ3n) is 25.5. The fraction of sp³-hybridized carbons (Fsp3) is 0.420. The summed E-state index contributed by atoms with van der Waals surface area (Å²) in [6, 6.07) is 58.9. The summed E-state index contributed by atoms with van der Waals surface area (Å²) in [6.45, 7) is 66.0. The number of hydrogen-bond acceptors (Lipinski definition) is 20. The van der Waals surface area contributed by atoms with Crippen molar-refractivity contribution in [1.82, 2.24) is 29.1 Å². The van der Waals surface area contributed by atoms with Gasteiger partial charge < -0.3 is 65.5 Å². The van der Waals surface area contributed by atoms with Gasteiger partial charge >= 0.3 is 34.5 Å². The van der Waals surface area contributed by atoms with E-state index in [1.165, 1.54) is 21.3 Å². The second-order valence-electron chi connectivity index (χ2n) is 47.7. The minimum atomic E-state index is -0.397. The molecule has 0 saturated heterocycles. The van der Waals surface area contributed by atoms with E-state index in [0.29, 0.717) is 33.5 Å². The molecule has 4 aliphatic heterocycles. The number of nitrogens with one attached hydrogen (secondary N) is 5. The molecule has 0 radical (unpaired) electrons. The number of carbonyl (C=O) groups is 3. The first-order valence-corrected chi connectivity index (χ1v) is 49.8. The Balaban J connectivity index is 0.000000156. The third kappa shape index (κ3) is 27.5. The Kier molecular flexibility index (Phi) is 33.8. The predicted octanol–water partition coefficient (Wildman–Crippen LogP) is 24.3. The molecule has 10 heterocycles. The van der Waals surface area contributed by atoms with E-state index < -0.39 is 23.0 Å². The lowest BCUT2D eigenvalue weighted by Gasteiger charge is -2.31. The summed E-state index contributed by atoms with van der Waals surface area (Å²) in [5.41, 5.74) is 24.4. The smallest absolute Gasteiger partial charge is 0.419 e. The van der Waals surface area contributed by atoms with Gasteiger partial charge in [-0.25, -0.2) is 28.8 Å². The van der Waals surface area contributed by atoms with Crippen molar-refractivity contribution < 1.29 is 59.8 Å². The first-order chi connectivity index (χ1) is 68.5. The Morgan fingerprint density at radius 1 is 0.270 bits per heavy atom. The van der Waals surface area contributed by atoms with Crippen molar-refractivity contribution in [1.29, 1.82) is 0 Å². The summed E-state index contributed by atoms with van der Waals surface area (Å²) in [5, 5.41) is 3.35. The molecule has 29 heteroatoms. The highest BCUT2D eigenvalue weighted by Gasteiger charge is 2.33. The van der Waals surface area contributed by atoms with Gasteiger partial charge in [0.15, 0.2) is 53.3 Å². The Morgan fingerprint density at radius 2 is 0.662 bits per heavy atom. The number of hydrogen-bond donors (Lipinski definition) is 5. The largest absolute Gasteiger partial charge is 0.489 e. The number of carbonyl (C=O) groups excluding carboxylic acids is 3. The molecule has 0 fully saturated rings. The van der Waals surface area contributed by atoms with Gasteiger partial charge in [0.25, 0.3) is 17.7 Å². The number of fused-ring (bicyclic) bond motifs is 10. The number of ether oxygens (including phenoxy) is 4. The molecule has 20 rings (SSSR count). The van der Waals surface area contributed by atoms with Gasteiger partial charge in [-0.1, -0.05) is 311 Å². The number of nitrogens with zero attached hydrogens (tertiary/aromatic N) is 5. The van der Waals surface area contributed by atoms with Gasteiger partial charge in [0, 0.05) is 64.0 Å². The number of anilines is 4. The minimum absolute atomic E-state index is 0.00133. The average molecular weight is 2020 g/mol. The second-order valence-corrected chi connectivity index (χ2v) is 47.7. The molecule has 16 aromatic rings. The van der Waals surface area contributed by atoms with Crippen molar-refractivity contribution in [2.45, 2.75) is 262 Å². The minimum Gasteiger partial charge on any atom is -0.489 e. The quantitative estimate of drug-likeness (QED) is 0.0941. The Bertz CT molecular complexity index is 7600. The van der Waals surface area contributed by atoms with Crippen LogP contribution in [0.15, 0.2) is 237 Å². The van der Waals surface area contributed by atoms with Crippen molar-refractivity contribution >= 4 is 107 Å². The van der Waals surface area contributed by atoms with Crippen molar-refractivity contribution in [2.75, 3.05) is 74.1 Å². The van der Waals surface area contributed by atoms with E-state index in [4.69, 9.17) is 45.5 Å². The zero-order chi connectivity index (χ0) is 110. The van der Waals surface area contributed by atoms with Crippen molar-refractivity contribution in [3.05, 3.63) is 301 Å². The van der Waals surface area contributed by atoms with Crippen LogP contribution in [-0.2, 0) is 82.6 Å². The van der Waals surface area contributed by atoms with Gasteiger partial charge in [-0.3, -0.25) is 43.5 Å². The Morgan fingerprint density at radius 3 is 1.20 bits per heavy atom.